The molecule has 1 atom stereocenters. The Labute approximate surface area is 131 Å². The van der Waals surface area contributed by atoms with Crippen molar-refractivity contribution in [1.82, 2.24) is 5.32 Å². The van der Waals surface area contributed by atoms with E-state index in [0.29, 0.717) is 11.5 Å². The lowest BCUT2D eigenvalue weighted by atomic mass is 9.69. The highest BCUT2D eigenvalue weighted by atomic mass is 14.9. The third kappa shape index (κ3) is 5.14. The number of nitrogens with one attached hydrogen (secondary N) is 1. The minimum absolute atomic E-state index is 0.532. The van der Waals surface area contributed by atoms with Crippen LogP contribution in [0, 0.1) is 5.41 Å². The van der Waals surface area contributed by atoms with Crippen molar-refractivity contribution >= 4 is 0 Å². The Kier molecular flexibility index (Phi) is 6.76. The van der Waals surface area contributed by atoms with E-state index in [-0.39, 0.29) is 0 Å². The van der Waals surface area contributed by atoms with Crippen molar-refractivity contribution in [3.8, 4) is 0 Å². The Morgan fingerprint density at radius 3 is 2.48 bits per heavy atom. The van der Waals surface area contributed by atoms with Gasteiger partial charge in [-0.2, -0.15) is 0 Å². The van der Waals surface area contributed by atoms with Crippen LogP contribution in [0.2, 0.25) is 0 Å². The Morgan fingerprint density at radius 2 is 1.81 bits per heavy atom. The number of rotatable bonds is 8. The van der Waals surface area contributed by atoms with Gasteiger partial charge < -0.3 is 5.32 Å². The monoisotopic (exact) mass is 287 g/mol. The van der Waals surface area contributed by atoms with Gasteiger partial charge in [0.1, 0.15) is 0 Å². The molecule has 2 rings (SSSR count). The predicted molar refractivity (Wildman–Crippen MR) is 92.7 cm³/mol. The van der Waals surface area contributed by atoms with Gasteiger partial charge in [-0.15, -0.1) is 0 Å². The lowest BCUT2D eigenvalue weighted by Gasteiger charge is -2.41. The van der Waals surface area contributed by atoms with E-state index in [9.17, 15) is 0 Å². The van der Waals surface area contributed by atoms with Crippen molar-refractivity contribution < 1.29 is 0 Å². The summed E-state index contributed by atoms with van der Waals surface area (Å²) in [5, 5.41) is 3.87. The summed E-state index contributed by atoms with van der Waals surface area (Å²) in [4.78, 5) is 0. The van der Waals surface area contributed by atoms with E-state index in [4.69, 9.17) is 0 Å². The fraction of sp³-hybridized carbons (Fsp3) is 0.700. The zero-order valence-electron chi connectivity index (χ0n) is 14.0. The number of hydrogen-bond acceptors (Lipinski definition) is 1. The van der Waals surface area contributed by atoms with E-state index in [0.717, 1.165) is 0 Å². The van der Waals surface area contributed by atoms with Crippen LogP contribution in [0.1, 0.15) is 70.8 Å². The van der Waals surface area contributed by atoms with E-state index in [2.05, 4.69) is 49.5 Å². The molecule has 0 heterocycles. The largest absolute Gasteiger partial charge is 0.313 e. The molecule has 0 aromatic heterocycles. The number of aryl methyl sites for hydroxylation is 1. The first kappa shape index (κ1) is 16.5. The molecule has 1 heteroatoms. The molecule has 1 saturated carbocycles. The maximum atomic E-state index is 3.87. The molecule has 0 aliphatic heterocycles. The normalized spacial score (nSPS) is 19.3. The van der Waals surface area contributed by atoms with Gasteiger partial charge in [-0.3, -0.25) is 0 Å². The van der Waals surface area contributed by atoms with Crippen LogP contribution < -0.4 is 5.32 Å². The smallest absolute Gasteiger partial charge is 0.0121 e. The van der Waals surface area contributed by atoms with E-state index in [1.807, 2.05) is 0 Å². The Bertz CT molecular complexity index is 378. The summed E-state index contributed by atoms with van der Waals surface area (Å²) >= 11 is 0. The van der Waals surface area contributed by atoms with Gasteiger partial charge in [0.05, 0.1) is 0 Å². The van der Waals surface area contributed by atoms with Crippen LogP contribution in [0.4, 0.5) is 0 Å². The van der Waals surface area contributed by atoms with Gasteiger partial charge in [-0.05, 0) is 56.0 Å². The minimum atomic E-state index is 0.532. The molecule has 1 unspecified atom stereocenters. The van der Waals surface area contributed by atoms with Crippen LogP contribution in [-0.2, 0) is 6.42 Å². The number of hydrogen-bond donors (Lipinski definition) is 1. The standard InChI is InChI=1S/C20H33N/c1-3-17-21-19(20(2)15-8-5-9-16-20)14-10-13-18-11-6-4-7-12-18/h4,6-7,11-12,19,21H,3,5,8-10,13-17H2,1-2H3. The molecular formula is C20H33N. The molecule has 0 saturated heterocycles. The van der Waals surface area contributed by atoms with Gasteiger partial charge in [0.2, 0.25) is 0 Å². The molecule has 0 bridgehead atoms. The van der Waals surface area contributed by atoms with Gasteiger partial charge in [-0.25, -0.2) is 0 Å². The van der Waals surface area contributed by atoms with E-state index < -0.39 is 0 Å². The average Bonchev–Trinajstić information content (AvgIpc) is 2.52. The molecule has 1 aliphatic carbocycles. The van der Waals surface area contributed by atoms with Crippen LogP contribution in [0.3, 0.4) is 0 Å². The van der Waals surface area contributed by atoms with Crippen molar-refractivity contribution in [2.45, 2.75) is 77.7 Å². The van der Waals surface area contributed by atoms with Crippen molar-refractivity contribution in [2.75, 3.05) is 6.54 Å². The Hall–Kier alpha value is -0.820. The van der Waals surface area contributed by atoms with Gasteiger partial charge in [-0.1, -0.05) is 63.4 Å². The van der Waals surface area contributed by atoms with Gasteiger partial charge >= 0.3 is 0 Å². The fourth-order valence-corrected chi connectivity index (χ4v) is 3.88. The highest BCUT2D eigenvalue weighted by molar-refractivity contribution is 5.14. The van der Waals surface area contributed by atoms with Crippen LogP contribution >= 0.6 is 0 Å². The van der Waals surface area contributed by atoms with E-state index in [1.54, 1.807) is 0 Å². The van der Waals surface area contributed by atoms with Crippen molar-refractivity contribution in [2.24, 2.45) is 5.41 Å². The number of benzene rings is 1. The summed E-state index contributed by atoms with van der Waals surface area (Å²) in [6, 6.07) is 11.7. The Balaban J connectivity index is 1.86. The molecule has 21 heavy (non-hydrogen) atoms. The maximum absolute atomic E-state index is 3.87. The van der Waals surface area contributed by atoms with Crippen molar-refractivity contribution in [3.63, 3.8) is 0 Å². The third-order valence-corrected chi connectivity index (χ3v) is 5.28. The van der Waals surface area contributed by atoms with Crippen molar-refractivity contribution in [3.05, 3.63) is 35.9 Å². The maximum Gasteiger partial charge on any atom is 0.0121 e. The molecule has 118 valence electrons. The molecule has 1 nitrogen and oxygen atoms in total. The fourth-order valence-electron chi connectivity index (χ4n) is 3.88. The SMILES string of the molecule is CCCNC(CCCc1ccccc1)C1(C)CCCCC1. The van der Waals surface area contributed by atoms with E-state index in [1.165, 1.54) is 69.9 Å². The molecule has 0 radical (unpaired) electrons. The third-order valence-electron chi connectivity index (χ3n) is 5.28. The minimum Gasteiger partial charge on any atom is -0.313 e. The highest BCUT2D eigenvalue weighted by Crippen LogP contribution is 2.40. The second-order valence-electron chi connectivity index (χ2n) is 7.10. The summed E-state index contributed by atoms with van der Waals surface area (Å²) in [5.41, 5.74) is 2.02. The zero-order chi connectivity index (χ0) is 15.0. The summed E-state index contributed by atoms with van der Waals surface area (Å²) in [6.07, 6.45) is 12.2. The second-order valence-corrected chi connectivity index (χ2v) is 7.10. The first-order chi connectivity index (χ1) is 10.2. The predicted octanol–water partition coefficient (Wildman–Crippen LogP) is 5.35. The summed E-state index contributed by atoms with van der Waals surface area (Å²) in [7, 11) is 0. The summed E-state index contributed by atoms with van der Waals surface area (Å²) < 4.78 is 0. The molecular weight excluding hydrogens is 254 g/mol. The first-order valence-electron chi connectivity index (χ1n) is 9.02. The molecule has 0 amide bonds. The van der Waals surface area contributed by atoms with Crippen LogP contribution in [0.15, 0.2) is 30.3 Å². The molecule has 1 N–H and O–H groups in total. The first-order valence-corrected chi connectivity index (χ1v) is 9.02. The zero-order valence-corrected chi connectivity index (χ0v) is 14.0. The Morgan fingerprint density at radius 1 is 1.10 bits per heavy atom. The lowest BCUT2D eigenvalue weighted by molar-refractivity contribution is 0.136. The molecule has 1 aromatic rings. The topological polar surface area (TPSA) is 12.0 Å². The second kappa shape index (κ2) is 8.58. The summed E-state index contributed by atoms with van der Waals surface area (Å²) in [6.45, 7) is 5.98. The molecule has 1 fully saturated rings. The van der Waals surface area contributed by atoms with Crippen molar-refractivity contribution in [1.29, 1.82) is 0 Å². The quantitative estimate of drug-likeness (QED) is 0.680. The van der Waals surface area contributed by atoms with Gasteiger partial charge in [0.15, 0.2) is 0 Å². The molecule has 0 spiro atoms. The summed E-state index contributed by atoms with van der Waals surface area (Å²) in [5.74, 6) is 0. The lowest BCUT2D eigenvalue weighted by Crippen LogP contribution is -2.45. The van der Waals surface area contributed by atoms with Crippen LogP contribution in [-0.4, -0.2) is 12.6 Å². The average molecular weight is 287 g/mol. The van der Waals surface area contributed by atoms with E-state index >= 15 is 0 Å². The molecule has 1 aliphatic rings. The van der Waals surface area contributed by atoms with Gasteiger partial charge in [0.25, 0.3) is 0 Å². The van der Waals surface area contributed by atoms with Gasteiger partial charge in [0, 0.05) is 6.04 Å². The molecule has 1 aromatic carbocycles. The highest BCUT2D eigenvalue weighted by Gasteiger charge is 2.34. The van der Waals surface area contributed by atoms with Crippen LogP contribution in [0.5, 0.6) is 0 Å². The van der Waals surface area contributed by atoms with Crippen LogP contribution in [0.25, 0.3) is 0 Å².